The number of H-pyrrole nitrogens is 1. The van der Waals surface area contributed by atoms with Crippen LogP contribution < -0.4 is 16.2 Å². The summed E-state index contributed by atoms with van der Waals surface area (Å²) in [4.78, 5) is 23.1. The Morgan fingerprint density at radius 1 is 1.23 bits per heavy atom. The molecule has 0 saturated heterocycles. The van der Waals surface area contributed by atoms with Crippen LogP contribution in [0.1, 0.15) is 70.3 Å². The predicted octanol–water partition coefficient (Wildman–Crippen LogP) is 3.91. The number of carbonyl (C=O) groups is 1. The van der Waals surface area contributed by atoms with Crippen LogP contribution in [-0.2, 0) is 11.2 Å². The van der Waals surface area contributed by atoms with Crippen molar-refractivity contribution in [2.75, 3.05) is 6.54 Å². The Balaban J connectivity index is 1.77. The molecule has 0 saturated carbocycles. The number of hydrogen-bond donors (Lipinski definition) is 5. The second-order valence-corrected chi connectivity index (χ2v) is 10.3. The maximum absolute atomic E-state index is 11.9. The van der Waals surface area contributed by atoms with Gasteiger partial charge in [-0.15, -0.1) is 0 Å². The molecule has 214 valence electrons. The second kappa shape index (κ2) is 15.8. The number of aliphatic hydroxyl groups is 1. The molecule has 0 aromatic carbocycles. The molecule has 1 aliphatic rings. The highest BCUT2D eigenvalue weighted by Gasteiger charge is 2.25. The third-order valence-electron chi connectivity index (χ3n) is 7.19. The van der Waals surface area contributed by atoms with Crippen molar-refractivity contribution in [3.05, 3.63) is 59.2 Å². The number of aromatic amines is 1. The summed E-state index contributed by atoms with van der Waals surface area (Å²) in [6.45, 7) is 2.64. The highest BCUT2D eigenvalue weighted by molar-refractivity contribution is 5.83. The van der Waals surface area contributed by atoms with Crippen molar-refractivity contribution < 1.29 is 20.1 Å². The first kappa shape index (κ1) is 30.0. The van der Waals surface area contributed by atoms with Crippen LogP contribution in [0, 0.1) is 5.92 Å². The molecule has 3 rings (SSSR count). The minimum Gasteiger partial charge on any atom is -0.859 e. The van der Waals surface area contributed by atoms with Gasteiger partial charge in [0.1, 0.15) is 0 Å². The van der Waals surface area contributed by atoms with E-state index in [1.54, 1.807) is 12.4 Å². The van der Waals surface area contributed by atoms with Gasteiger partial charge in [0.05, 0.1) is 12.1 Å². The molecule has 0 unspecified atom stereocenters. The van der Waals surface area contributed by atoms with Crippen molar-refractivity contribution >= 4 is 17.7 Å². The fourth-order valence-corrected chi connectivity index (χ4v) is 5.14. The quantitative estimate of drug-likeness (QED) is 0.190. The third-order valence-corrected chi connectivity index (χ3v) is 7.19. The Labute approximate surface area is 230 Å². The molecule has 0 aliphatic carbocycles. The number of unbranched alkanes of at least 4 members (excludes halogenated alkanes) is 1. The van der Waals surface area contributed by atoms with Crippen LogP contribution in [0.5, 0.6) is 5.88 Å². The first-order valence-corrected chi connectivity index (χ1v) is 14.0. The number of aliphatic hydroxyl groups excluding tert-OH is 1. The Morgan fingerprint density at radius 3 is 2.72 bits per heavy atom. The van der Waals surface area contributed by atoms with Gasteiger partial charge in [-0.3, -0.25) is 9.98 Å². The van der Waals surface area contributed by atoms with Crippen LogP contribution in [-0.4, -0.2) is 56.8 Å². The molecule has 10 heteroatoms. The minimum absolute atomic E-state index is 0.251. The van der Waals surface area contributed by atoms with Crippen molar-refractivity contribution in [1.29, 1.82) is 0 Å². The number of nitrogens with two attached hydrogens (primary N) is 1. The van der Waals surface area contributed by atoms with Crippen LogP contribution in [0.25, 0.3) is 5.32 Å². The average molecular weight is 539 g/mol. The van der Waals surface area contributed by atoms with E-state index < -0.39 is 5.97 Å². The topological polar surface area (TPSA) is 174 Å². The number of rotatable bonds is 17. The zero-order valence-corrected chi connectivity index (χ0v) is 22.8. The number of pyridine rings is 1. The molecule has 2 aromatic heterocycles. The van der Waals surface area contributed by atoms with E-state index in [9.17, 15) is 20.1 Å². The molecule has 4 atom stereocenters. The summed E-state index contributed by atoms with van der Waals surface area (Å²) in [6.07, 6.45) is 12.6. The van der Waals surface area contributed by atoms with Crippen LogP contribution in [0.2, 0.25) is 0 Å². The van der Waals surface area contributed by atoms with Crippen LogP contribution in [0.3, 0.4) is 0 Å². The lowest BCUT2D eigenvalue weighted by molar-refractivity contribution is -0.275. The first-order valence-electron chi connectivity index (χ1n) is 14.0. The van der Waals surface area contributed by atoms with Crippen molar-refractivity contribution in [3.8, 4) is 5.88 Å². The lowest BCUT2D eigenvalue weighted by Crippen LogP contribution is -2.46. The molecule has 2 aromatic rings. The van der Waals surface area contributed by atoms with E-state index in [-0.39, 0.29) is 30.0 Å². The van der Waals surface area contributed by atoms with Gasteiger partial charge in [-0.1, -0.05) is 68.9 Å². The molecule has 0 bridgehead atoms. The number of guanidine groups is 1. The summed E-state index contributed by atoms with van der Waals surface area (Å²) in [5.41, 5.74) is 7.59. The molecule has 0 fully saturated rings. The summed E-state index contributed by atoms with van der Waals surface area (Å²) >= 11 is 0. The Kier molecular flexibility index (Phi) is 12.1. The Bertz CT molecular complexity index is 1050. The minimum atomic E-state index is -1.03. The van der Waals surface area contributed by atoms with Gasteiger partial charge in [0.15, 0.2) is 5.96 Å². The maximum Gasteiger partial charge on any atom is 0.328 e. The summed E-state index contributed by atoms with van der Waals surface area (Å²) in [5.74, 6) is -0.0537. The van der Waals surface area contributed by atoms with E-state index in [1.807, 2.05) is 18.2 Å². The zero-order valence-electron chi connectivity index (χ0n) is 22.8. The van der Waals surface area contributed by atoms with E-state index >= 15 is 0 Å². The fraction of sp³-hybridized carbons (Fsp3) is 0.552. The molecular formula is C29H42N6O4-2. The lowest BCUT2D eigenvalue weighted by atomic mass is 9.85. The van der Waals surface area contributed by atoms with E-state index in [2.05, 4.69) is 27.2 Å². The van der Waals surface area contributed by atoms with Crippen molar-refractivity contribution in [2.45, 2.75) is 89.3 Å². The molecule has 10 nitrogen and oxygen atoms in total. The molecule has 6 N–H and O–H groups in total. The molecular weight excluding hydrogens is 496 g/mol. The molecule has 0 spiro atoms. The zero-order chi connectivity index (χ0) is 28.0. The van der Waals surface area contributed by atoms with Gasteiger partial charge in [-0.2, -0.15) is 0 Å². The average Bonchev–Trinajstić information content (AvgIpc) is 3.42. The molecule has 0 amide bonds. The Hall–Kier alpha value is -3.53. The SMILES string of the molecule is CCCC[C@H](O)CCC[C@H](CC[C@@H]([N-]c1ccc[nH]1)/C(=C/C(=O)O)[C@H]1CCN=C(N)N1)Cc1ccc([O-])nc1. The van der Waals surface area contributed by atoms with Gasteiger partial charge >= 0.3 is 5.97 Å². The summed E-state index contributed by atoms with van der Waals surface area (Å²) in [5, 5.41) is 39.6. The summed E-state index contributed by atoms with van der Waals surface area (Å²) in [7, 11) is 0. The summed E-state index contributed by atoms with van der Waals surface area (Å²) in [6, 6.07) is 6.37. The highest BCUT2D eigenvalue weighted by atomic mass is 16.4. The van der Waals surface area contributed by atoms with Gasteiger partial charge < -0.3 is 36.7 Å². The lowest BCUT2D eigenvalue weighted by Gasteiger charge is -2.35. The van der Waals surface area contributed by atoms with Crippen molar-refractivity contribution in [2.24, 2.45) is 16.6 Å². The molecule has 3 heterocycles. The monoisotopic (exact) mass is 538 g/mol. The number of aliphatic imine (C=N–C) groups is 1. The molecule has 39 heavy (non-hydrogen) atoms. The molecule has 1 aliphatic heterocycles. The second-order valence-electron chi connectivity index (χ2n) is 10.3. The van der Waals surface area contributed by atoms with E-state index in [4.69, 9.17) is 11.1 Å². The van der Waals surface area contributed by atoms with Gasteiger partial charge in [-0.05, 0) is 67.5 Å². The van der Waals surface area contributed by atoms with Crippen molar-refractivity contribution in [3.63, 3.8) is 0 Å². The van der Waals surface area contributed by atoms with Crippen molar-refractivity contribution in [1.82, 2.24) is 15.3 Å². The number of nitrogens with zero attached hydrogens (tertiary/aromatic N) is 3. The van der Waals surface area contributed by atoms with Crippen LogP contribution in [0.4, 0.5) is 5.82 Å². The van der Waals surface area contributed by atoms with E-state index in [0.717, 1.165) is 56.9 Å². The van der Waals surface area contributed by atoms with E-state index in [0.29, 0.717) is 36.7 Å². The van der Waals surface area contributed by atoms with Gasteiger partial charge in [0.25, 0.3) is 0 Å². The number of aliphatic carboxylic acids is 1. The number of carboxylic acid groups (broad SMARTS) is 1. The third kappa shape index (κ3) is 10.6. The number of hydrogen-bond acceptors (Lipinski definition) is 7. The van der Waals surface area contributed by atoms with Crippen LogP contribution >= 0.6 is 0 Å². The van der Waals surface area contributed by atoms with E-state index in [1.165, 1.54) is 12.1 Å². The smallest absolute Gasteiger partial charge is 0.328 e. The largest absolute Gasteiger partial charge is 0.859 e. The Morgan fingerprint density at radius 2 is 2.05 bits per heavy atom. The standard InChI is InChI=1S/C29H43N6O4/c1-2-3-7-22(36)8-4-6-20(17-21-11-13-27(37)33-19-21)10-12-24(34-26-9-5-15-31-26)23(18-28(38)39)25-14-16-32-29(30)35-25/h5,9,11,13,15,18-20,22,24-25,31,36H,2-4,6-8,10,12,14,16-17H2,1H3,(H,33,37)(H,38,39)(H3,30,32,35)/q-1/p-1/b23-18-/t20-,22+,24-,25-/m1/s1. The van der Waals surface area contributed by atoms with Crippen LogP contribution in [0.15, 0.2) is 53.3 Å². The summed E-state index contributed by atoms with van der Waals surface area (Å²) < 4.78 is 0. The number of aromatic nitrogens is 2. The van der Waals surface area contributed by atoms with Gasteiger partial charge in [-0.25, -0.2) is 4.79 Å². The normalized spacial score (nSPS) is 18.1. The predicted molar refractivity (Wildman–Crippen MR) is 151 cm³/mol. The number of nitrogens with one attached hydrogen (secondary N) is 2. The maximum atomic E-state index is 11.9. The molecule has 0 radical (unpaired) electrons. The highest BCUT2D eigenvalue weighted by Crippen LogP contribution is 2.32. The van der Waals surface area contributed by atoms with Gasteiger partial charge in [0, 0.05) is 18.8 Å². The number of carboxylic acids is 1. The van der Waals surface area contributed by atoms with Gasteiger partial charge in [0.2, 0.25) is 0 Å². The fourth-order valence-electron chi connectivity index (χ4n) is 5.14. The first-order chi connectivity index (χ1) is 18.8.